The smallest absolute Gasteiger partial charge is 0.252 e. The number of nitrogens with two attached hydrogens (primary N) is 1. The van der Waals surface area contributed by atoms with E-state index in [-0.39, 0.29) is 6.61 Å². The molecule has 0 aromatic heterocycles. The summed E-state index contributed by atoms with van der Waals surface area (Å²) in [5, 5.41) is 19.6. The van der Waals surface area contributed by atoms with Gasteiger partial charge in [-0.2, -0.15) is 0 Å². The lowest BCUT2D eigenvalue weighted by atomic mass is 10.1. The second-order valence-electron chi connectivity index (χ2n) is 4.06. The number of aldehydes is 1. The predicted octanol–water partition coefficient (Wildman–Crippen LogP) is -0.551. The van der Waals surface area contributed by atoms with Crippen molar-refractivity contribution >= 4 is 12.2 Å². The first-order chi connectivity index (χ1) is 9.42. The van der Waals surface area contributed by atoms with Gasteiger partial charge in [0, 0.05) is 12.2 Å². The summed E-state index contributed by atoms with van der Waals surface area (Å²) in [6, 6.07) is 6.05. The van der Waals surface area contributed by atoms with Crippen LogP contribution in [-0.4, -0.2) is 47.5 Å². The Kier molecular flexibility index (Phi) is 5.63. The van der Waals surface area contributed by atoms with E-state index in [1.54, 1.807) is 6.92 Å². The van der Waals surface area contributed by atoms with Gasteiger partial charge in [-0.15, -0.1) is 0 Å². The lowest BCUT2D eigenvalue weighted by molar-refractivity contribution is -0.260. The Labute approximate surface area is 115 Å². The lowest BCUT2D eigenvalue weighted by Gasteiger charge is -2.30. The first-order valence-electron chi connectivity index (χ1n) is 5.94. The van der Waals surface area contributed by atoms with Crippen molar-refractivity contribution in [3.8, 4) is 5.75 Å². The standard InChI is InChI=1S/C13H17NO6/c1-2-20-13(18,11(16)12(14)17)8-19-10-5-3-9(7-15)4-6-10/h3-7,11,16,18H,2,8H2,1H3,(H2,14,17). The van der Waals surface area contributed by atoms with E-state index in [0.29, 0.717) is 17.6 Å². The number of ether oxygens (including phenoxy) is 2. The molecule has 1 rings (SSSR count). The molecule has 0 aliphatic carbocycles. The number of rotatable bonds is 8. The molecule has 0 bridgehead atoms. The van der Waals surface area contributed by atoms with Gasteiger partial charge in [-0.05, 0) is 31.2 Å². The molecule has 0 aliphatic rings. The minimum atomic E-state index is -2.23. The highest BCUT2D eigenvalue weighted by atomic mass is 16.7. The zero-order valence-electron chi connectivity index (χ0n) is 11.0. The molecule has 0 saturated heterocycles. The lowest BCUT2D eigenvalue weighted by Crippen LogP contribution is -2.55. The molecule has 0 saturated carbocycles. The second kappa shape index (κ2) is 6.99. The topological polar surface area (TPSA) is 119 Å². The van der Waals surface area contributed by atoms with Crippen LogP contribution in [0.25, 0.3) is 0 Å². The van der Waals surface area contributed by atoms with Crippen molar-refractivity contribution in [3.63, 3.8) is 0 Å². The number of hydrogen-bond acceptors (Lipinski definition) is 6. The largest absolute Gasteiger partial charge is 0.488 e. The van der Waals surface area contributed by atoms with Gasteiger partial charge in [-0.3, -0.25) is 9.59 Å². The second-order valence-corrected chi connectivity index (χ2v) is 4.06. The fraction of sp³-hybridized carbons (Fsp3) is 0.385. The van der Waals surface area contributed by atoms with E-state index in [0.717, 1.165) is 0 Å². The Hall–Kier alpha value is -1.96. The van der Waals surface area contributed by atoms with Gasteiger partial charge in [0.25, 0.3) is 5.91 Å². The molecule has 0 spiro atoms. The maximum absolute atomic E-state index is 11.0. The zero-order valence-corrected chi connectivity index (χ0v) is 11.0. The SMILES string of the molecule is CCOC(O)(COc1ccc(C=O)cc1)C(O)C(N)=O. The van der Waals surface area contributed by atoms with Crippen molar-refractivity contribution in [2.45, 2.75) is 18.8 Å². The molecule has 0 aliphatic heterocycles. The van der Waals surface area contributed by atoms with Crippen LogP contribution in [-0.2, 0) is 9.53 Å². The van der Waals surface area contributed by atoms with Crippen LogP contribution in [0.4, 0.5) is 0 Å². The molecule has 2 atom stereocenters. The van der Waals surface area contributed by atoms with Crippen LogP contribution in [0.15, 0.2) is 24.3 Å². The molecule has 0 heterocycles. The molecule has 2 unspecified atom stereocenters. The third-order valence-corrected chi connectivity index (χ3v) is 2.55. The highest BCUT2D eigenvalue weighted by molar-refractivity contribution is 5.79. The summed E-state index contributed by atoms with van der Waals surface area (Å²) < 4.78 is 10.2. The molecule has 7 heteroatoms. The first kappa shape index (κ1) is 16.1. The molecule has 4 N–H and O–H groups in total. The Morgan fingerprint density at radius 3 is 2.50 bits per heavy atom. The quantitative estimate of drug-likeness (QED) is 0.435. The van der Waals surface area contributed by atoms with Crippen LogP contribution >= 0.6 is 0 Å². The Balaban J connectivity index is 2.75. The fourth-order valence-corrected chi connectivity index (χ4v) is 1.50. The third-order valence-electron chi connectivity index (χ3n) is 2.55. The Morgan fingerprint density at radius 1 is 1.45 bits per heavy atom. The number of amides is 1. The Morgan fingerprint density at radius 2 is 2.05 bits per heavy atom. The van der Waals surface area contributed by atoms with Gasteiger partial charge in [0.05, 0.1) is 0 Å². The minimum absolute atomic E-state index is 0.0499. The first-order valence-corrected chi connectivity index (χ1v) is 5.94. The molecule has 1 aromatic carbocycles. The van der Waals surface area contributed by atoms with Gasteiger partial charge in [0.15, 0.2) is 6.10 Å². The van der Waals surface area contributed by atoms with Crippen molar-refractivity contribution in [3.05, 3.63) is 29.8 Å². The maximum Gasteiger partial charge on any atom is 0.252 e. The van der Waals surface area contributed by atoms with Crippen LogP contribution in [0.1, 0.15) is 17.3 Å². The summed E-state index contributed by atoms with van der Waals surface area (Å²) in [4.78, 5) is 21.5. The van der Waals surface area contributed by atoms with E-state index in [2.05, 4.69) is 0 Å². The van der Waals surface area contributed by atoms with Crippen LogP contribution in [0.3, 0.4) is 0 Å². The van der Waals surface area contributed by atoms with E-state index in [1.807, 2.05) is 0 Å². The van der Waals surface area contributed by atoms with E-state index >= 15 is 0 Å². The van der Waals surface area contributed by atoms with Crippen LogP contribution < -0.4 is 10.5 Å². The summed E-state index contributed by atoms with van der Waals surface area (Å²) in [7, 11) is 0. The molecule has 1 amide bonds. The van der Waals surface area contributed by atoms with E-state index in [1.165, 1.54) is 24.3 Å². The normalized spacial score (nSPS) is 15.2. The van der Waals surface area contributed by atoms with Gasteiger partial charge in [0.1, 0.15) is 18.6 Å². The van der Waals surface area contributed by atoms with E-state index < -0.39 is 24.4 Å². The molecule has 20 heavy (non-hydrogen) atoms. The number of carbonyl (C=O) groups excluding carboxylic acids is 2. The monoisotopic (exact) mass is 283 g/mol. The van der Waals surface area contributed by atoms with Gasteiger partial charge in [-0.1, -0.05) is 0 Å². The third kappa shape index (κ3) is 4.02. The van der Waals surface area contributed by atoms with Gasteiger partial charge in [0.2, 0.25) is 5.79 Å². The van der Waals surface area contributed by atoms with E-state index in [4.69, 9.17) is 15.2 Å². The van der Waals surface area contributed by atoms with Crippen molar-refractivity contribution in [1.29, 1.82) is 0 Å². The molecule has 0 fully saturated rings. The van der Waals surface area contributed by atoms with Crippen LogP contribution in [0, 0.1) is 0 Å². The predicted molar refractivity (Wildman–Crippen MR) is 69.1 cm³/mol. The summed E-state index contributed by atoms with van der Waals surface area (Å²) in [6.45, 7) is 1.14. The summed E-state index contributed by atoms with van der Waals surface area (Å²) in [6.07, 6.45) is -1.24. The average molecular weight is 283 g/mol. The van der Waals surface area contributed by atoms with E-state index in [9.17, 15) is 19.8 Å². The van der Waals surface area contributed by atoms with Gasteiger partial charge < -0.3 is 25.4 Å². The number of hydrogen-bond donors (Lipinski definition) is 3. The average Bonchev–Trinajstić information content (AvgIpc) is 2.45. The van der Waals surface area contributed by atoms with Crippen molar-refractivity contribution in [2.75, 3.05) is 13.2 Å². The number of aliphatic hydroxyl groups is 2. The molecular weight excluding hydrogens is 266 g/mol. The summed E-state index contributed by atoms with van der Waals surface area (Å²) in [5.74, 6) is -3.02. The zero-order chi connectivity index (χ0) is 15.2. The molecule has 110 valence electrons. The Bertz CT molecular complexity index is 460. The van der Waals surface area contributed by atoms with Crippen molar-refractivity contribution in [1.82, 2.24) is 0 Å². The number of benzene rings is 1. The van der Waals surface area contributed by atoms with Gasteiger partial charge >= 0.3 is 0 Å². The number of primary amides is 1. The van der Waals surface area contributed by atoms with Gasteiger partial charge in [-0.25, -0.2) is 0 Å². The molecule has 1 aromatic rings. The molecule has 7 nitrogen and oxygen atoms in total. The number of aliphatic hydroxyl groups excluding tert-OH is 1. The van der Waals surface area contributed by atoms with Crippen LogP contribution in [0.2, 0.25) is 0 Å². The summed E-state index contributed by atoms with van der Waals surface area (Å²) in [5.41, 5.74) is 5.40. The highest BCUT2D eigenvalue weighted by Gasteiger charge is 2.41. The van der Waals surface area contributed by atoms with Crippen molar-refractivity contribution in [2.24, 2.45) is 5.73 Å². The molecule has 0 radical (unpaired) electrons. The number of carbonyl (C=O) groups is 2. The molecular formula is C13H17NO6. The van der Waals surface area contributed by atoms with Crippen molar-refractivity contribution < 1.29 is 29.3 Å². The maximum atomic E-state index is 11.0. The fourth-order valence-electron chi connectivity index (χ4n) is 1.50. The minimum Gasteiger partial charge on any atom is -0.488 e. The van der Waals surface area contributed by atoms with Crippen LogP contribution in [0.5, 0.6) is 5.75 Å². The highest BCUT2D eigenvalue weighted by Crippen LogP contribution is 2.17. The summed E-state index contributed by atoms with van der Waals surface area (Å²) >= 11 is 0.